The molecule has 1 fully saturated rings. The van der Waals surface area contributed by atoms with Gasteiger partial charge < -0.3 is 15.8 Å². The summed E-state index contributed by atoms with van der Waals surface area (Å²) in [6, 6.07) is 2.76. The van der Waals surface area contributed by atoms with Crippen LogP contribution >= 0.6 is 0 Å². The van der Waals surface area contributed by atoms with Crippen LogP contribution in [0.1, 0.15) is 16.9 Å². The number of aromatic nitrogens is 1. The van der Waals surface area contributed by atoms with Crippen LogP contribution in [-0.4, -0.2) is 44.0 Å². The standard InChI is InChI=1S/C11H15N3O4S/c1-18-11(15)9-3-2-8(12)10(14-9)13-7-4-5-19(16,17)6-7/h2-3,7H,4-6,12H2,1H3,(H,13,14). The maximum absolute atomic E-state index is 11.4. The highest BCUT2D eigenvalue weighted by Gasteiger charge is 2.28. The van der Waals surface area contributed by atoms with Crippen LogP contribution in [0, 0.1) is 0 Å². The number of pyridine rings is 1. The third kappa shape index (κ3) is 3.14. The molecule has 1 aliphatic rings. The molecule has 2 heterocycles. The predicted molar refractivity (Wildman–Crippen MR) is 70.7 cm³/mol. The predicted octanol–water partition coefficient (Wildman–Crippen LogP) is 0.0494. The SMILES string of the molecule is COC(=O)c1ccc(N)c(NC2CCS(=O)(=O)C2)n1. The van der Waals surface area contributed by atoms with E-state index in [9.17, 15) is 13.2 Å². The van der Waals surface area contributed by atoms with Crippen LogP contribution in [0.4, 0.5) is 11.5 Å². The molecule has 0 aliphatic carbocycles. The number of methoxy groups -OCH3 is 1. The molecular weight excluding hydrogens is 270 g/mol. The van der Waals surface area contributed by atoms with Crippen molar-refractivity contribution in [2.45, 2.75) is 12.5 Å². The van der Waals surface area contributed by atoms with E-state index in [0.717, 1.165) is 0 Å². The lowest BCUT2D eigenvalue weighted by Crippen LogP contribution is -2.22. The summed E-state index contributed by atoms with van der Waals surface area (Å²) in [7, 11) is -1.72. The van der Waals surface area contributed by atoms with Crippen molar-refractivity contribution in [3.05, 3.63) is 17.8 Å². The Hall–Kier alpha value is -1.83. The number of carbonyl (C=O) groups excluding carboxylic acids is 1. The summed E-state index contributed by atoms with van der Waals surface area (Å²) in [5.41, 5.74) is 6.23. The Kier molecular flexibility index (Phi) is 3.61. The van der Waals surface area contributed by atoms with Crippen molar-refractivity contribution >= 4 is 27.3 Å². The van der Waals surface area contributed by atoms with Gasteiger partial charge in [0.15, 0.2) is 15.5 Å². The van der Waals surface area contributed by atoms with Gasteiger partial charge in [-0.15, -0.1) is 0 Å². The quantitative estimate of drug-likeness (QED) is 0.755. The number of carbonyl (C=O) groups is 1. The van der Waals surface area contributed by atoms with Crippen molar-refractivity contribution in [1.82, 2.24) is 4.98 Å². The zero-order valence-electron chi connectivity index (χ0n) is 10.4. The Balaban J connectivity index is 2.18. The molecule has 0 aromatic carbocycles. The van der Waals surface area contributed by atoms with Gasteiger partial charge in [0.05, 0.1) is 24.3 Å². The molecule has 104 valence electrons. The molecule has 1 saturated heterocycles. The zero-order valence-corrected chi connectivity index (χ0v) is 11.2. The van der Waals surface area contributed by atoms with Crippen LogP contribution in [0.5, 0.6) is 0 Å². The van der Waals surface area contributed by atoms with Gasteiger partial charge in [0.25, 0.3) is 0 Å². The van der Waals surface area contributed by atoms with Gasteiger partial charge in [-0.2, -0.15) is 0 Å². The minimum Gasteiger partial charge on any atom is -0.464 e. The fraction of sp³-hybridized carbons (Fsp3) is 0.455. The Labute approximate surface area is 111 Å². The number of nitrogens with two attached hydrogens (primary N) is 1. The first-order valence-corrected chi connectivity index (χ1v) is 7.55. The van der Waals surface area contributed by atoms with E-state index >= 15 is 0 Å². The van der Waals surface area contributed by atoms with Gasteiger partial charge in [-0.25, -0.2) is 18.2 Å². The number of hydrogen-bond donors (Lipinski definition) is 2. The minimum absolute atomic E-state index is 0.0522. The highest BCUT2D eigenvalue weighted by molar-refractivity contribution is 7.91. The number of nitrogen functional groups attached to an aromatic ring is 1. The van der Waals surface area contributed by atoms with E-state index in [1.54, 1.807) is 0 Å². The molecule has 1 atom stereocenters. The summed E-state index contributed by atoms with van der Waals surface area (Å²) >= 11 is 0. The van der Waals surface area contributed by atoms with Crippen molar-refractivity contribution in [3.63, 3.8) is 0 Å². The van der Waals surface area contributed by atoms with Gasteiger partial charge in [0.2, 0.25) is 0 Å². The summed E-state index contributed by atoms with van der Waals surface area (Å²) in [4.78, 5) is 15.4. The second-order valence-electron chi connectivity index (χ2n) is 4.37. The van der Waals surface area contributed by atoms with E-state index in [1.165, 1.54) is 19.2 Å². The first kappa shape index (κ1) is 13.6. The fourth-order valence-electron chi connectivity index (χ4n) is 1.91. The van der Waals surface area contributed by atoms with Crippen LogP contribution in [0.15, 0.2) is 12.1 Å². The normalized spacial score (nSPS) is 21.0. The average Bonchev–Trinajstić information content (AvgIpc) is 2.70. The Morgan fingerprint density at radius 2 is 2.26 bits per heavy atom. The van der Waals surface area contributed by atoms with E-state index in [-0.39, 0.29) is 23.2 Å². The number of ether oxygens (including phenoxy) is 1. The maximum Gasteiger partial charge on any atom is 0.356 e. The molecule has 1 aliphatic heterocycles. The molecule has 0 spiro atoms. The number of nitrogens with zero attached hydrogens (tertiary/aromatic N) is 1. The summed E-state index contributed by atoms with van der Waals surface area (Å²) in [5, 5.41) is 2.96. The van der Waals surface area contributed by atoms with Crippen molar-refractivity contribution in [3.8, 4) is 0 Å². The van der Waals surface area contributed by atoms with E-state index in [0.29, 0.717) is 17.9 Å². The first-order chi connectivity index (χ1) is 8.91. The third-order valence-electron chi connectivity index (χ3n) is 2.89. The molecule has 3 N–H and O–H groups in total. The fourth-order valence-corrected chi connectivity index (χ4v) is 3.58. The first-order valence-electron chi connectivity index (χ1n) is 5.73. The van der Waals surface area contributed by atoms with Gasteiger partial charge in [-0.3, -0.25) is 0 Å². The van der Waals surface area contributed by atoms with Crippen LogP contribution in [0.25, 0.3) is 0 Å². The molecule has 0 amide bonds. The lowest BCUT2D eigenvalue weighted by Gasteiger charge is -2.14. The minimum atomic E-state index is -2.98. The maximum atomic E-state index is 11.4. The molecule has 0 radical (unpaired) electrons. The number of rotatable bonds is 3. The van der Waals surface area contributed by atoms with Crippen LogP contribution in [-0.2, 0) is 14.6 Å². The molecule has 19 heavy (non-hydrogen) atoms. The third-order valence-corrected chi connectivity index (χ3v) is 4.66. The largest absolute Gasteiger partial charge is 0.464 e. The Bertz CT molecular complexity index is 600. The number of hydrogen-bond acceptors (Lipinski definition) is 7. The van der Waals surface area contributed by atoms with Crippen LogP contribution in [0.2, 0.25) is 0 Å². The van der Waals surface area contributed by atoms with Gasteiger partial charge >= 0.3 is 5.97 Å². The highest BCUT2D eigenvalue weighted by atomic mass is 32.2. The zero-order chi connectivity index (χ0) is 14.0. The van der Waals surface area contributed by atoms with Crippen molar-refractivity contribution in [2.75, 3.05) is 29.7 Å². The number of esters is 1. The van der Waals surface area contributed by atoms with E-state index in [1.807, 2.05) is 0 Å². The smallest absolute Gasteiger partial charge is 0.356 e. The molecule has 7 nitrogen and oxygen atoms in total. The van der Waals surface area contributed by atoms with Crippen molar-refractivity contribution in [1.29, 1.82) is 0 Å². The van der Waals surface area contributed by atoms with E-state index < -0.39 is 15.8 Å². The van der Waals surface area contributed by atoms with Gasteiger partial charge in [-0.05, 0) is 18.6 Å². The number of nitrogens with one attached hydrogen (secondary N) is 1. The monoisotopic (exact) mass is 285 g/mol. The molecule has 2 rings (SSSR count). The summed E-state index contributed by atoms with van der Waals surface area (Å²) in [6.45, 7) is 0. The van der Waals surface area contributed by atoms with Gasteiger partial charge in [0.1, 0.15) is 5.82 Å². The topological polar surface area (TPSA) is 111 Å². The molecule has 1 unspecified atom stereocenters. The van der Waals surface area contributed by atoms with Crippen LogP contribution in [0.3, 0.4) is 0 Å². The molecule has 0 bridgehead atoms. The summed E-state index contributed by atoms with van der Waals surface area (Å²) in [5.74, 6) is -0.0511. The van der Waals surface area contributed by atoms with Gasteiger partial charge in [-0.1, -0.05) is 0 Å². The van der Waals surface area contributed by atoms with Gasteiger partial charge in [0, 0.05) is 6.04 Å². The van der Waals surface area contributed by atoms with E-state index in [4.69, 9.17) is 5.73 Å². The Morgan fingerprint density at radius 1 is 1.53 bits per heavy atom. The van der Waals surface area contributed by atoms with Crippen molar-refractivity contribution in [2.24, 2.45) is 0 Å². The van der Waals surface area contributed by atoms with E-state index in [2.05, 4.69) is 15.0 Å². The molecule has 0 saturated carbocycles. The molecule has 1 aromatic rings. The highest BCUT2D eigenvalue weighted by Crippen LogP contribution is 2.21. The lowest BCUT2D eigenvalue weighted by molar-refractivity contribution is 0.0594. The lowest BCUT2D eigenvalue weighted by atomic mass is 10.2. The second kappa shape index (κ2) is 5.04. The van der Waals surface area contributed by atoms with Crippen molar-refractivity contribution < 1.29 is 17.9 Å². The number of sulfone groups is 1. The molecule has 1 aromatic heterocycles. The molecular formula is C11H15N3O4S. The average molecular weight is 285 g/mol. The Morgan fingerprint density at radius 3 is 2.84 bits per heavy atom. The number of anilines is 2. The second-order valence-corrected chi connectivity index (χ2v) is 6.60. The summed E-state index contributed by atoms with van der Waals surface area (Å²) in [6.07, 6.45) is 0.506. The van der Waals surface area contributed by atoms with Crippen LogP contribution < -0.4 is 11.1 Å². The summed E-state index contributed by atoms with van der Waals surface area (Å²) < 4.78 is 27.3. The molecule has 8 heteroatoms.